The van der Waals surface area contributed by atoms with Gasteiger partial charge in [0.2, 0.25) is 0 Å². The van der Waals surface area contributed by atoms with E-state index in [2.05, 4.69) is 23.2 Å². The summed E-state index contributed by atoms with van der Waals surface area (Å²) in [4.78, 5) is 5.58. The van der Waals surface area contributed by atoms with Crippen molar-refractivity contribution in [2.75, 3.05) is 0 Å². The Morgan fingerprint density at radius 2 is 1.54 bits per heavy atom. The third-order valence-electron chi connectivity index (χ3n) is 5.43. The molecule has 3 nitrogen and oxygen atoms in total. The second-order valence-corrected chi connectivity index (χ2v) is 8.02. The van der Waals surface area contributed by atoms with Crippen LogP contribution >= 0.6 is 11.3 Å². The number of hydrogen-bond acceptors (Lipinski definition) is 4. The summed E-state index contributed by atoms with van der Waals surface area (Å²) in [5, 5.41) is 21.8. The monoisotopic (exact) mass is 360 g/mol. The minimum atomic E-state index is -0.938. The van der Waals surface area contributed by atoms with Gasteiger partial charge in [0.15, 0.2) is 0 Å². The minimum Gasteiger partial charge on any atom is -0.383 e. The lowest BCUT2D eigenvalue weighted by molar-refractivity contribution is -0.0139. The van der Waals surface area contributed by atoms with Gasteiger partial charge in [-0.05, 0) is 36.8 Å². The predicted octanol–water partition coefficient (Wildman–Crippen LogP) is 5.03. The summed E-state index contributed by atoms with van der Waals surface area (Å²) in [5.41, 5.74) is 0.722. The van der Waals surface area contributed by atoms with Crippen LogP contribution in [-0.2, 0) is 11.0 Å². The highest BCUT2D eigenvalue weighted by molar-refractivity contribution is 7.15. The van der Waals surface area contributed by atoms with Crippen molar-refractivity contribution in [3.05, 3.63) is 77.4 Å². The molecule has 4 rings (SSSR count). The van der Waals surface area contributed by atoms with E-state index in [0.717, 1.165) is 21.0 Å². The summed E-state index contributed by atoms with van der Waals surface area (Å²) in [5.74, 6) is 0. The molecule has 1 fully saturated rings. The van der Waals surface area contributed by atoms with Crippen molar-refractivity contribution >= 4 is 11.3 Å². The quantitative estimate of drug-likeness (QED) is 0.712. The summed E-state index contributed by atoms with van der Waals surface area (Å²) in [7, 11) is 0. The third-order valence-corrected chi connectivity index (χ3v) is 6.67. The normalized spacial score (nSPS) is 25.5. The van der Waals surface area contributed by atoms with Crippen LogP contribution in [0.15, 0.2) is 66.9 Å². The summed E-state index contributed by atoms with van der Waals surface area (Å²) < 4.78 is 0. The van der Waals surface area contributed by atoms with Gasteiger partial charge in [0.05, 0.1) is 16.4 Å². The molecular formula is C22H20N2OS. The number of nitriles is 1. The second kappa shape index (κ2) is 6.68. The van der Waals surface area contributed by atoms with E-state index in [-0.39, 0.29) is 0 Å². The highest BCUT2D eigenvalue weighted by Crippen LogP contribution is 2.48. The maximum absolute atomic E-state index is 11.2. The van der Waals surface area contributed by atoms with Gasteiger partial charge < -0.3 is 5.11 Å². The van der Waals surface area contributed by atoms with Gasteiger partial charge in [-0.15, -0.1) is 11.3 Å². The molecule has 0 aliphatic heterocycles. The molecule has 1 aromatic heterocycles. The molecule has 1 aliphatic carbocycles. The Morgan fingerprint density at radius 3 is 2.15 bits per heavy atom. The molecule has 26 heavy (non-hydrogen) atoms. The summed E-state index contributed by atoms with van der Waals surface area (Å²) in [6.45, 7) is 0. The van der Waals surface area contributed by atoms with Crippen molar-refractivity contribution in [2.45, 2.75) is 36.7 Å². The van der Waals surface area contributed by atoms with E-state index in [1.54, 1.807) is 11.3 Å². The van der Waals surface area contributed by atoms with Gasteiger partial charge in [-0.3, -0.25) is 0 Å². The SMILES string of the molecule is N#C[C@]1(c2ccccc2)CC[C@@](O)(c2ncc(-c3ccccc3)s2)CC1. The van der Waals surface area contributed by atoms with E-state index in [1.165, 1.54) is 0 Å². The van der Waals surface area contributed by atoms with E-state index in [1.807, 2.05) is 54.7 Å². The first kappa shape index (κ1) is 17.0. The molecule has 1 saturated carbocycles. The van der Waals surface area contributed by atoms with Gasteiger partial charge in [0.1, 0.15) is 10.6 Å². The van der Waals surface area contributed by atoms with Crippen molar-refractivity contribution in [2.24, 2.45) is 0 Å². The molecular weight excluding hydrogens is 340 g/mol. The average Bonchev–Trinajstić information content (AvgIpc) is 3.22. The third kappa shape index (κ3) is 2.94. The molecule has 1 N–H and O–H groups in total. The first-order chi connectivity index (χ1) is 12.7. The zero-order chi connectivity index (χ0) is 18.0. The van der Waals surface area contributed by atoms with Crippen molar-refractivity contribution in [3.63, 3.8) is 0 Å². The second-order valence-electron chi connectivity index (χ2n) is 6.99. The average molecular weight is 360 g/mol. The van der Waals surface area contributed by atoms with Gasteiger partial charge in [-0.1, -0.05) is 60.7 Å². The van der Waals surface area contributed by atoms with Gasteiger partial charge in [0.25, 0.3) is 0 Å². The lowest BCUT2D eigenvalue weighted by Gasteiger charge is -2.39. The number of hydrogen-bond donors (Lipinski definition) is 1. The van der Waals surface area contributed by atoms with Crippen molar-refractivity contribution < 1.29 is 5.11 Å². The molecule has 1 heterocycles. The van der Waals surface area contributed by atoms with Gasteiger partial charge >= 0.3 is 0 Å². The maximum atomic E-state index is 11.2. The minimum absolute atomic E-state index is 0.507. The largest absolute Gasteiger partial charge is 0.383 e. The molecule has 0 unspecified atom stereocenters. The summed E-state index contributed by atoms with van der Waals surface area (Å²) in [6.07, 6.45) is 4.24. The fraction of sp³-hybridized carbons (Fsp3) is 0.273. The Bertz CT molecular complexity index is 920. The molecule has 0 amide bonds. The van der Waals surface area contributed by atoms with Gasteiger partial charge in [-0.2, -0.15) is 5.26 Å². The Morgan fingerprint density at radius 1 is 0.923 bits per heavy atom. The van der Waals surface area contributed by atoms with Crippen LogP contribution < -0.4 is 0 Å². The molecule has 0 saturated heterocycles. The number of aliphatic hydroxyl groups is 1. The lowest BCUT2D eigenvalue weighted by atomic mass is 9.66. The van der Waals surface area contributed by atoms with E-state index in [4.69, 9.17) is 0 Å². The topological polar surface area (TPSA) is 56.9 Å². The molecule has 0 atom stereocenters. The fourth-order valence-electron chi connectivity index (χ4n) is 3.75. The van der Waals surface area contributed by atoms with Crippen molar-refractivity contribution in [1.29, 1.82) is 5.26 Å². The molecule has 2 aromatic carbocycles. The van der Waals surface area contributed by atoms with Crippen LogP contribution in [0.3, 0.4) is 0 Å². The first-order valence-electron chi connectivity index (χ1n) is 8.86. The molecule has 0 radical (unpaired) electrons. The lowest BCUT2D eigenvalue weighted by Crippen LogP contribution is -2.38. The Balaban J connectivity index is 1.57. The fourth-order valence-corrected chi connectivity index (χ4v) is 4.82. The molecule has 4 heteroatoms. The number of nitrogens with zero attached hydrogens (tertiary/aromatic N) is 2. The Labute approximate surface area is 157 Å². The van der Waals surface area contributed by atoms with Crippen LogP contribution in [0.2, 0.25) is 0 Å². The molecule has 1 aliphatic rings. The highest BCUT2D eigenvalue weighted by atomic mass is 32.1. The molecule has 130 valence electrons. The Kier molecular flexibility index (Phi) is 4.36. The highest BCUT2D eigenvalue weighted by Gasteiger charge is 2.45. The van der Waals surface area contributed by atoms with Gasteiger partial charge in [0, 0.05) is 6.20 Å². The van der Waals surface area contributed by atoms with Crippen LogP contribution in [-0.4, -0.2) is 10.1 Å². The van der Waals surface area contributed by atoms with E-state index in [9.17, 15) is 10.4 Å². The van der Waals surface area contributed by atoms with Crippen LogP contribution in [0.1, 0.15) is 36.3 Å². The zero-order valence-electron chi connectivity index (χ0n) is 14.4. The van der Waals surface area contributed by atoms with Gasteiger partial charge in [-0.25, -0.2) is 4.98 Å². The summed E-state index contributed by atoms with van der Waals surface area (Å²) >= 11 is 1.55. The predicted molar refractivity (Wildman–Crippen MR) is 104 cm³/mol. The maximum Gasteiger partial charge on any atom is 0.125 e. The van der Waals surface area contributed by atoms with Crippen LogP contribution in [0.5, 0.6) is 0 Å². The molecule has 0 spiro atoms. The van der Waals surface area contributed by atoms with Crippen LogP contribution in [0.4, 0.5) is 0 Å². The van der Waals surface area contributed by atoms with Crippen molar-refractivity contribution in [1.82, 2.24) is 4.98 Å². The standard InChI is InChI=1S/C22H20N2OS/c23-16-21(18-9-5-2-6-10-18)11-13-22(25,14-12-21)20-24-15-19(26-20)17-7-3-1-4-8-17/h1-10,15,25H,11-14H2/t21-,22-. The van der Waals surface area contributed by atoms with Crippen LogP contribution in [0.25, 0.3) is 10.4 Å². The van der Waals surface area contributed by atoms with Crippen molar-refractivity contribution in [3.8, 4) is 16.5 Å². The number of aromatic nitrogens is 1. The van der Waals surface area contributed by atoms with E-state index < -0.39 is 11.0 Å². The summed E-state index contributed by atoms with van der Waals surface area (Å²) in [6, 6.07) is 22.6. The molecule has 0 bridgehead atoms. The molecule has 3 aromatic rings. The smallest absolute Gasteiger partial charge is 0.125 e. The van der Waals surface area contributed by atoms with Crippen LogP contribution in [0, 0.1) is 11.3 Å². The number of rotatable bonds is 3. The number of benzene rings is 2. The van der Waals surface area contributed by atoms with E-state index >= 15 is 0 Å². The number of thiazole rings is 1. The van der Waals surface area contributed by atoms with E-state index in [0.29, 0.717) is 25.7 Å². The zero-order valence-corrected chi connectivity index (χ0v) is 15.2. The first-order valence-corrected chi connectivity index (χ1v) is 9.68. The Hall–Kier alpha value is -2.48.